The van der Waals surface area contributed by atoms with E-state index in [1.54, 1.807) is 21.8 Å². The van der Waals surface area contributed by atoms with E-state index >= 15 is 0 Å². The molecule has 11 nitrogen and oxygen atoms in total. The number of carbonyl (C=O) groups excluding carboxylic acids is 2. The Balaban J connectivity index is 1.51. The smallest absolute Gasteiger partial charge is 0.261 e. The molecule has 190 valence electrons. The summed E-state index contributed by atoms with van der Waals surface area (Å²) >= 11 is 1.24. The van der Waals surface area contributed by atoms with Crippen molar-refractivity contribution in [1.29, 1.82) is 0 Å². The minimum atomic E-state index is -0.191. The molecule has 1 fully saturated rings. The van der Waals surface area contributed by atoms with Crippen LogP contribution in [0.4, 0.5) is 5.95 Å². The molecule has 2 amide bonds. The largest absolute Gasteiger partial charge is 0.393 e. The van der Waals surface area contributed by atoms with Crippen molar-refractivity contribution in [2.24, 2.45) is 5.16 Å². The summed E-state index contributed by atoms with van der Waals surface area (Å²) in [7, 11) is 0. The molecule has 1 saturated heterocycles. The zero-order valence-corrected chi connectivity index (χ0v) is 21.1. The molecule has 1 aromatic carbocycles. The van der Waals surface area contributed by atoms with Gasteiger partial charge in [0, 0.05) is 42.9 Å². The van der Waals surface area contributed by atoms with Gasteiger partial charge in [0.05, 0.1) is 17.1 Å². The summed E-state index contributed by atoms with van der Waals surface area (Å²) in [6.45, 7) is 3.79. The molecule has 4 aromatic rings. The molecule has 0 radical (unpaired) electrons. The van der Waals surface area contributed by atoms with Gasteiger partial charge in [-0.1, -0.05) is 17.3 Å². The molecule has 3 N–H and O–H groups in total. The second-order valence-electron chi connectivity index (χ2n) is 8.37. The van der Waals surface area contributed by atoms with Crippen LogP contribution in [0.3, 0.4) is 0 Å². The van der Waals surface area contributed by atoms with Crippen molar-refractivity contribution in [2.45, 2.75) is 19.8 Å². The first-order valence-electron chi connectivity index (χ1n) is 12.0. The van der Waals surface area contributed by atoms with Crippen molar-refractivity contribution in [1.82, 2.24) is 30.0 Å². The Morgan fingerprint density at radius 1 is 1.27 bits per heavy atom. The maximum absolute atomic E-state index is 12.5. The van der Waals surface area contributed by atoms with Crippen LogP contribution >= 0.6 is 11.3 Å². The number of amides is 2. The number of nitrogens with two attached hydrogens (primary N) is 1. The number of aromatic nitrogens is 4. The van der Waals surface area contributed by atoms with Crippen LogP contribution in [-0.2, 0) is 9.63 Å². The van der Waals surface area contributed by atoms with Crippen molar-refractivity contribution >= 4 is 45.0 Å². The number of carbonyl (C=O) groups is 2. The molecular weight excluding hydrogens is 492 g/mol. The average Bonchev–Trinajstić information content (AvgIpc) is 3.66. The third-order valence-corrected chi connectivity index (χ3v) is 6.91. The van der Waals surface area contributed by atoms with E-state index in [-0.39, 0.29) is 24.4 Å². The predicted molar refractivity (Wildman–Crippen MR) is 141 cm³/mol. The molecule has 0 unspecified atom stereocenters. The lowest BCUT2D eigenvalue weighted by molar-refractivity contribution is -0.128. The van der Waals surface area contributed by atoms with E-state index < -0.39 is 0 Å². The highest BCUT2D eigenvalue weighted by Gasteiger charge is 2.22. The molecule has 0 aliphatic carbocycles. The number of fused-ring (bicyclic) bond motifs is 1. The first-order valence-corrected chi connectivity index (χ1v) is 12.8. The first-order chi connectivity index (χ1) is 18.0. The van der Waals surface area contributed by atoms with Crippen molar-refractivity contribution in [3.05, 3.63) is 64.9 Å². The van der Waals surface area contributed by atoms with Gasteiger partial charge in [-0.05, 0) is 37.6 Å². The van der Waals surface area contributed by atoms with Crippen LogP contribution in [-0.4, -0.2) is 68.4 Å². The molecule has 37 heavy (non-hydrogen) atoms. The molecule has 3 aromatic heterocycles. The number of nitrogen functional groups attached to an aromatic ring is 1. The van der Waals surface area contributed by atoms with Gasteiger partial charge < -0.3 is 20.8 Å². The van der Waals surface area contributed by atoms with E-state index in [1.807, 2.05) is 43.5 Å². The van der Waals surface area contributed by atoms with E-state index in [1.165, 1.54) is 11.3 Å². The monoisotopic (exact) mass is 518 g/mol. The second-order valence-corrected chi connectivity index (χ2v) is 9.40. The topological polar surface area (TPSA) is 141 Å². The molecule has 4 heterocycles. The lowest BCUT2D eigenvalue weighted by atomic mass is 10.0. The molecule has 1 aliphatic rings. The maximum Gasteiger partial charge on any atom is 0.261 e. The number of anilines is 1. The molecule has 0 saturated carbocycles. The Hall–Kier alpha value is -4.32. The fourth-order valence-corrected chi connectivity index (χ4v) is 5.06. The fraction of sp³-hybridized carbons (Fsp3) is 0.280. The Labute approximate surface area is 216 Å². The number of rotatable bonds is 9. The number of likely N-dealkylation sites (tertiary alicyclic amines) is 1. The van der Waals surface area contributed by atoms with Crippen molar-refractivity contribution in [3.63, 3.8) is 0 Å². The van der Waals surface area contributed by atoms with E-state index in [4.69, 9.17) is 10.6 Å². The highest BCUT2D eigenvalue weighted by Crippen LogP contribution is 2.29. The minimum Gasteiger partial charge on any atom is -0.393 e. The first kappa shape index (κ1) is 24.4. The summed E-state index contributed by atoms with van der Waals surface area (Å²) in [5, 5.41) is 12.2. The lowest BCUT2D eigenvalue weighted by Gasteiger charge is -2.14. The number of nitrogens with one attached hydrogen (secondary N) is 1. The van der Waals surface area contributed by atoms with E-state index in [9.17, 15) is 9.59 Å². The van der Waals surface area contributed by atoms with Crippen LogP contribution in [0.5, 0.6) is 0 Å². The Morgan fingerprint density at radius 3 is 2.81 bits per heavy atom. The van der Waals surface area contributed by atoms with Gasteiger partial charge >= 0.3 is 0 Å². The maximum atomic E-state index is 12.5. The van der Waals surface area contributed by atoms with Crippen molar-refractivity contribution in [2.75, 3.05) is 32.0 Å². The Kier molecular flexibility index (Phi) is 7.08. The summed E-state index contributed by atoms with van der Waals surface area (Å²) in [6, 6.07) is 11.2. The van der Waals surface area contributed by atoms with E-state index in [0.29, 0.717) is 46.0 Å². The number of oxime groups is 1. The zero-order chi connectivity index (χ0) is 25.8. The van der Waals surface area contributed by atoms with Gasteiger partial charge in [-0.15, -0.1) is 11.3 Å². The normalized spacial score (nSPS) is 13.9. The zero-order valence-electron chi connectivity index (χ0n) is 20.3. The molecule has 12 heteroatoms. The molecule has 1 aliphatic heterocycles. The van der Waals surface area contributed by atoms with E-state index in [2.05, 4.69) is 25.5 Å². The quantitative estimate of drug-likeness (QED) is 0.197. The van der Waals surface area contributed by atoms with Crippen LogP contribution in [0, 0.1) is 0 Å². The summed E-state index contributed by atoms with van der Waals surface area (Å²) in [6.07, 6.45) is 5.00. The summed E-state index contributed by atoms with van der Waals surface area (Å²) in [5.74, 6) is 0.00222. The highest BCUT2D eigenvalue weighted by atomic mass is 32.1. The number of hydrogen-bond acceptors (Lipinski definition) is 9. The Morgan fingerprint density at radius 2 is 2.11 bits per heavy atom. The molecular formula is C25H26N8O3S. The standard InChI is InChI=1S/C25H26N8O3S/c1-2-27-23(35)19-15-18-22(29-25(26)30-24(18)37-19)21(31-36-14-13-32-11-3-5-20(32)34)16-6-8-17(9-7-16)33-12-4-10-28-33/h4,6-10,12,15H,2-3,5,11,13-14H2,1H3,(H,27,35)(H2,26,29,30). The Bertz CT molecular complexity index is 1450. The molecule has 0 spiro atoms. The molecule has 5 rings (SSSR count). The van der Waals surface area contributed by atoms with Gasteiger partial charge in [0.15, 0.2) is 0 Å². The molecule has 0 bridgehead atoms. The number of benzene rings is 1. The average molecular weight is 519 g/mol. The lowest BCUT2D eigenvalue weighted by Crippen LogP contribution is -2.28. The number of thiophene rings is 1. The van der Waals surface area contributed by atoms with Gasteiger partial charge in [-0.25, -0.2) is 14.6 Å². The minimum absolute atomic E-state index is 0.0651. The van der Waals surface area contributed by atoms with Crippen LogP contribution in [0.1, 0.15) is 40.7 Å². The third-order valence-electron chi connectivity index (χ3n) is 5.88. The van der Waals surface area contributed by atoms with Gasteiger partial charge in [0.2, 0.25) is 11.9 Å². The van der Waals surface area contributed by atoms with Gasteiger partial charge in [-0.2, -0.15) is 5.10 Å². The third kappa shape index (κ3) is 5.28. The van der Waals surface area contributed by atoms with E-state index in [0.717, 1.165) is 24.2 Å². The number of nitrogens with zero attached hydrogens (tertiary/aromatic N) is 6. The summed E-state index contributed by atoms with van der Waals surface area (Å²) in [4.78, 5) is 41.8. The summed E-state index contributed by atoms with van der Waals surface area (Å²) in [5.41, 5.74) is 8.57. The number of hydrogen-bond donors (Lipinski definition) is 2. The van der Waals surface area contributed by atoms with Crippen LogP contribution < -0.4 is 11.1 Å². The van der Waals surface area contributed by atoms with Crippen LogP contribution in [0.15, 0.2) is 53.9 Å². The van der Waals surface area contributed by atoms with Crippen molar-refractivity contribution in [3.8, 4) is 5.69 Å². The second kappa shape index (κ2) is 10.7. The van der Waals surface area contributed by atoms with Crippen LogP contribution in [0.25, 0.3) is 15.9 Å². The highest BCUT2D eigenvalue weighted by molar-refractivity contribution is 7.20. The fourth-order valence-electron chi connectivity index (χ4n) is 4.11. The van der Waals surface area contributed by atoms with Gasteiger partial charge in [0.25, 0.3) is 5.91 Å². The van der Waals surface area contributed by atoms with Crippen molar-refractivity contribution < 1.29 is 14.4 Å². The SMILES string of the molecule is CCNC(=O)c1cc2c(C(=NOCCN3CCCC3=O)c3ccc(-n4cccn4)cc3)nc(N)nc2s1. The van der Waals surface area contributed by atoms with Crippen LogP contribution in [0.2, 0.25) is 0 Å². The predicted octanol–water partition coefficient (Wildman–Crippen LogP) is 2.60. The van der Waals surface area contributed by atoms with Gasteiger partial charge in [0.1, 0.15) is 22.8 Å². The molecule has 0 atom stereocenters. The summed E-state index contributed by atoms with van der Waals surface area (Å²) < 4.78 is 1.75. The van der Waals surface area contributed by atoms with Gasteiger partial charge in [-0.3, -0.25) is 9.59 Å².